The van der Waals surface area contributed by atoms with E-state index in [-0.39, 0.29) is 5.69 Å². The van der Waals surface area contributed by atoms with Gasteiger partial charge in [0.25, 0.3) is 5.69 Å². The number of allylic oxidation sites excluding steroid dienone is 1. The topological polar surface area (TPSA) is 72.6 Å². The van der Waals surface area contributed by atoms with Crippen molar-refractivity contribution in [2.24, 2.45) is 4.40 Å². The van der Waals surface area contributed by atoms with Crippen molar-refractivity contribution in [2.75, 3.05) is 0 Å². The van der Waals surface area contributed by atoms with Gasteiger partial charge in [0.05, 0.1) is 15.4 Å². The van der Waals surface area contributed by atoms with Crippen LogP contribution in [0, 0.1) is 10.1 Å². The number of non-ortho nitro benzene ring substituents is 1. The van der Waals surface area contributed by atoms with E-state index in [1.165, 1.54) is 12.1 Å². The summed E-state index contributed by atoms with van der Waals surface area (Å²) >= 11 is 0. The lowest BCUT2D eigenvalue weighted by Crippen LogP contribution is -2.20. The maximum absolute atomic E-state index is 12.4. The Labute approximate surface area is 149 Å². The molecule has 2 rings (SSSR count). The number of benzene rings is 2. The van der Waals surface area contributed by atoms with E-state index in [1.807, 2.05) is 51.1 Å². The minimum Gasteiger partial charge on any atom is -0.258 e. The first-order valence-corrected chi connectivity index (χ1v) is 8.87. The lowest BCUT2D eigenvalue weighted by Gasteiger charge is -2.14. The largest absolute Gasteiger partial charge is 0.269 e. The molecule has 0 fully saturated rings. The Morgan fingerprint density at radius 1 is 1.08 bits per heavy atom. The number of hydrogen-bond donors (Lipinski definition) is 0. The Kier molecular flexibility index (Phi) is 5.98. The van der Waals surface area contributed by atoms with Crippen LogP contribution < -0.4 is 0 Å². The highest BCUT2D eigenvalue weighted by Crippen LogP contribution is 2.16. The van der Waals surface area contributed by atoms with Crippen molar-refractivity contribution in [1.82, 2.24) is 0 Å². The molecular formula is C19H20N2O3S. The fourth-order valence-electron chi connectivity index (χ4n) is 1.90. The van der Waals surface area contributed by atoms with Crippen LogP contribution in [0.2, 0.25) is 0 Å². The normalized spacial score (nSPS) is 13.8. The van der Waals surface area contributed by atoms with Crippen LogP contribution in [0.3, 0.4) is 0 Å². The van der Waals surface area contributed by atoms with Gasteiger partial charge in [0.15, 0.2) is 0 Å². The van der Waals surface area contributed by atoms with Gasteiger partial charge in [-0.3, -0.25) is 10.1 Å². The number of nitro groups is 1. The van der Waals surface area contributed by atoms with Crippen LogP contribution in [0.4, 0.5) is 5.69 Å². The van der Waals surface area contributed by atoms with Gasteiger partial charge in [0, 0.05) is 17.7 Å². The van der Waals surface area contributed by atoms with Crippen molar-refractivity contribution in [1.29, 1.82) is 0 Å². The minimum absolute atomic E-state index is 0.0444. The van der Waals surface area contributed by atoms with Crippen LogP contribution in [-0.2, 0) is 11.0 Å². The summed E-state index contributed by atoms with van der Waals surface area (Å²) in [6, 6.07) is 15.7. The Bertz CT molecular complexity index is 820. The van der Waals surface area contributed by atoms with E-state index in [0.29, 0.717) is 5.71 Å². The molecule has 0 bridgehead atoms. The SMILES string of the molecule is CC(C)(C)[S@](=O)/N=C(/C=C/c1ccc([N+](=O)[O-])cc1)c1ccccc1. The lowest BCUT2D eigenvalue weighted by molar-refractivity contribution is -0.384. The Hall–Kier alpha value is -2.60. The molecule has 0 amide bonds. The molecule has 0 saturated heterocycles. The van der Waals surface area contributed by atoms with Crippen molar-refractivity contribution in [3.8, 4) is 0 Å². The highest BCUT2D eigenvalue weighted by atomic mass is 32.2. The molecule has 0 radical (unpaired) electrons. The first-order chi connectivity index (χ1) is 11.8. The molecule has 2 aromatic rings. The molecule has 2 aromatic carbocycles. The molecule has 25 heavy (non-hydrogen) atoms. The second kappa shape index (κ2) is 7.98. The molecule has 6 heteroatoms. The van der Waals surface area contributed by atoms with Crippen molar-refractivity contribution in [3.63, 3.8) is 0 Å². The van der Waals surface area contributed by atoms with E-state index in [4.69, 9.17) is 0 Å². The predicted molar refractivity (Wildman–Crippen MR) is 103 cm³/mol. The summed E-state index contributed by atoms with van der Waals surface area (Å²) in [6.07, 6.45) is 3.58. The van der Waals surface area contributed by atoms with Crippen molar-refractivity contribution in [3.05, 3.63) is 81.9 Å². The fraction of sp³-hybridized carbons (Fsp3) is 0.211. The van der Waals surface area contributed by atoms with E-state index in [1.54, 1.807) is 24.3 Å². The summed E-state index contributed by atoms with van der Waals surface area (Å²) in [4.78, 5) is 10.3. The molecule has 0 aliphatic carbocycles. The van der Waals surface area contributed by atoms with Crippen molar-refractivity contribution >= 4 is 28.5 Å². The van der Waals surface area contributed by atoms with Gasteiger partial charge in [-0.05, 0) is 44.5 Å². The highest BCUT2D eigenvalue weighted by molar-refractivity contribution is 7.85. The molecule has 1 atom stereocenters. The summed E-state index contributed by atoms with van der Waals surface area (Å²) < 4.78 is 16.3. The molecule has 130 valence electrons. The summed E-state index contributed by atoms with van der Waals surface area (Å²) in [5, 5.41) is 10.7. The summed E-state index contributed by atoms with van der Waals surface area (Å²) in [7, 11) is -1.39. The zero-order valence-electron chi connectivity index (χ0n) is 14.4. The van der Waals surface area contributed by atoms with Gasteiger partial charge < -0.3 is 0 Å². The number of nitrogens with zero attached hydrogens (tertiary/aromatic N) is 2. The van der Waals surface area contributed by atoms with E-state index in [2.05, 4.69) is 4.40 Å². The number of rotatable bonds is 5. The summed E-state index contributed by atoms with van der Waals surface area (Å²) in [6.45, 7) is 5.61. The number of nitro benzene ring substituents is 1. The van der Waals surface area contributed by atoms with Gasteiger partial charge in [-0.1, -0.05) is 36.4 Å². The molecule has 0 spiro atoms. The van der Waals surface area contributed by atoms with Gasteiger partial charge in [-0.25, -0.2) is 4.21 Å². The maximum atomic E-state index is 12.4. The van der Waals surface area contributed by atoms with Gasteiger partial charge >= 0.3 is 0 Å². The molecule has 0 heterocycles. The molecule has 0 unspecified atom stereocenters. The smallest absolute Gasteiger partial charge is 0.258 e. The van der Waals surface area contributed by atoms with E-state index >= 15 is 0 Å². The van der Waals surface area contributed by atoms with E-state index in [9.17, 15) is 14.3 Å². The standard InChI is InChI=1S/C19H20N2O3S/c1-19(2,3)25(24)20-18(16-7-5-4-6-8-16)14-11-15-9-12-17(13-10-15)21(22)23/h4-14H,1-3H3/b14-11+,20-18-/t25-/m0/s1. The van der Waals surface area contributed by atoms with Gasteiger partial charge in [0.1, 0.15) is 11.0 Å². The minimum atomic E-state index is -1.39. The van der Waals surface area contributed by atoms with E-state index < -0.39 is 20.7 Å². The first kappa shape index (κ1) is 18.7. The van der Waals surface area contributed by atoms with Crippen LogP contribution in [0.1, 0.15) is 31.9 Å². The van der Waals surface area contributed by atoms with Crippen LogP contribution in [0.15, 0.2) is 65.1 Å². The molecule has 0 saturated carbocycles. The number of hydrogen-bond acceptors (Lipinski definition) is 3. The summed E-state index contributed by atoms with van der Waals surface area (Å²) in [5.41, 5.74) is 2.31. The molecule has 0 aromatic heterocycles. The summed E-state index contributed by atoms with van der Waals surface area (Å²) in [5.74, 6) is 0. The molecule has 0 aliphatic rings. The van der Waals surface area contributed by atoms with Gasteiger partial charge in [-0.2, -0.15) is 4.40 Å². The van der Waals surface area contributed by atoms with Crippen molar-refractivity contribution in [2.45, 2.75) is 25.5 Å². The lowest BCUT2D eigenvalue weighted by atomic mass is 10.1. The van der Waals surface area contributed by atoms with Crippen LogP contribution in [-0.4, -0.2) is 19.6 Å². The molecule has 0 N–H and O–H groups in total. The third-order valence-corrected chi connectivity index (χ3v) is 4.72. The first-order valence-electron chi connectivity index (χ1n) is 7.76. The molecular weight excluding hydrogens is 336 g/mol. The average molecular weight is 356 g/mol. The van der Waals surface area contributed by atoms with Crippen LogP contribution in [0.5, 0.6) is 0 Å². The Morgan fingerprint density at radius 3 is 2.20 bits per heavy atom. The average Bonchev–Trinajstić information content (AvgIpc) is 2.58. The van der Waals surface area contributed by atoms with Crippen LogP contribution >= 0.6 is 0 Å². The zero-order valence-corrected chi connectivity index (χ0v) is 15.2. The Balaban J connectivity index is 2.34. The zero-order chi connectivity index (χ0) is 18.4. The monoisotopic (exact) mass is 356 g/mol. The van der Waals surface area contributed by atoms with Crippen molar-refractivity contribution < 1.29 is 9.13 Å². The van der Waals surface area contributed by atoms with Crippen LogP contribution in [0.25, 0.3) is 6.08 Å². The Morgan fingerprint density at radius 2 is 1.68 bits per heavy atom. The maximum Gasteiger partial charge on any atom is 0.269 e. The highest BCUT2D eigenvalue weighted by Gasteiger charge is 2.19. The fourth-order valence-corrected chi connectivity index (χ4v) is 2.52. The third kappa shape index (κ3) is 5.46. The third-order valence-electron chi connectivity index (χ3n) is 3.31. The predicted octanol–water partition coefficient (Wildman–Crippen LogP) is 4.56. The second-order valence-corrected chi connectivity index (χ2v) is 8.29. The molecule has 5 nitrogen and oxygen atoms in total. The second-order valence-electron chi connectivity index (χ2n) is 6.39. The van der Waals surface area contributed by atoms with E-state index in [0.717, 1.165) is 11.1 Å². The van der Waals surface area contributed by atoms with Gasteiger partial charge in [-0.15, -0.1) is 0 Å². The van der Waals surface area contributed by atoms with Gasteiger partial charge in [0.2, 0.25) is 0 Å². The molecule has 0 aliphatic heterocycles. The quantitative estimate of drug-likeness (QED) is 0.448.